The Morgan fingerprint density at radius 3 is 2.95 bits per heavy atom. The normalized spacial score (nSPS) is 23.6. The molecule has 0 amide bonds. The quantitative estimate of drug-likeness (QED) is 0.838. The van der Waals surface area contributed by atoms with Crippen molar-refractivity contribution in [2.75, 3.05) is 20.2 Å². The van der Waals surface area contributed by atoms with Crippen molar-refractivity contribution in [2.24, 2.45) is 0 Å². The highest BCUT2D eigenvalue weighted by molar-refractivity contribution is 5.20. The number of ether oxygens (including phenoxy) is 1. The van der Waals surface area contributed by atoms with Gasteiger partial charge in [0.2, 0.25) is 0 Å². The molecule has 4 heteroatoms. The molecule has 3 rings (SSSR count). The van der Waals surface area contributed by atoms with Crippen LogP contribution in [0.15, 0.2) is 10.5 Å². The Balaban J connectivity index is 1.42. The summed E-state index contributed by atoms with van der Waals surface area (Å²) in [5.41, 5.74) is 1.27. The van der Waals surface area contributed by atoms with E-state index < -0.39 is 0 Å². The zero-order chi connectivity index (χ0) is 14.7. The van der Waals surface area contributed by atoms with Gasteiger partial charge < -0.3 is 19.4 Å². The monoisotopic (exact) mass is 292 g/mol. The number of nitrogens with zero attached hydrogens (tertiary/aromatic N) is 1. The van der Waals surface area contributed by atoms with E-state index in [0.29, 0.717) is 12.6 Å². The molecule has 1 atom stereocenters. The number of nitrogens with one attached hydrogen (secondary N) is 1. The van der Waals surface area contributed by atoms with Crippen LogP contribution in [0.1, 0.15) is 49.2 Å². The van der Waals surface area contributed by atoms with Gasteiger partial charge in [-0.05, 0) is 52.3 Å². The molecule has 0 radical (unpaired) electrons. The van der Waals surface area contributed by atoms with E-state index in [0.717, 1.165) is 30.7 Å². The second-order valence-corrected chi connectivity index (χ2v) is 6.59. The molecule has 1 aliphatic heterocycles. The van der Waals surface area contributed by atoms with Gasteiger partial charge in [0.05, 0.1) is 6.61 Å². The SMILES string of the molecule is Cc1oc(COCC2CCCCN2C)cc1CNC1CC1. The molecule has 2 fully saturated rings. The topological polar surface area (TPSA) is 37.6 Å². The first kappa shape index (κ1) is 15.1. The first-order valence-corrected chi connectivity index (χ1v) is 8.32. The van der Waals surface area contributed by atoms with Gasteiger partial charge in [-0.3, -0.25) is 0 Å². The Labute approximate surface area is 127 Å². The Bertz CT molecular complexity index is 454. The fourth-order valence-electron chi connectivity index (χ4n) is 3.03. The van der Waals surface area contributed by atoms with Gasteiger partial charge in [0.15, 0.2) is 0 Å². The van der Waals surface area contributed by atoms with E-state index in [1.807, 2.05) is 6.92 Å². The predicted molar refractivity (Wildman–Crippen MR) is 83.2 cm³/mol. The van der Waals surface area contributed by atoms with Crippen molar-refractivity contribution in [3.05, 3.63) is 23.2 Å². The first-order valence-electron chi connectivity index (χ1n) is 8.32. The molecule has 1 saturated heterocycles. The molecular weight excluding hydrogens is 264 g/mol. The lowest BCUT2D eigenvalue weighted by Crippen LogP contribution is -2.39. The van der Waals surface area contributed by atoms with Crippen molar-refractivity contribution >= 4 is 0 Å². The summed E-state index contributed by atoms with van der Waals surface area (Å²) < 4.78 is 11.7. The van der Waals surface area contributed by atoms with Crippen LogP contribution in [0.25, 0.3) is 0 Å². The van der Waals surface area contributed by atoms with E-state index >= 15 is 0 Å². The zero-order valence-electron chi connectivity index (χ0n) is 13.4. The van der Waals surface area contributed by atoms with Gasteiger partial charge >= 0.3 is 0 Å². The molecule has 1 unspecified atom stereocenters. The van der Waals surface area contributed by atoms with Crippen LogP contribution in [0, 0.1) is 6.92 Å². The maximum absolute atomic E-state index is 5.88. The molecular formula is C17H28N2O2. The van der Waals surface area contributed by atoms with E-state index in [-0.39, 0.29) is 0 Å². The van der Waals surface area contributed by atoms with Gasteiger partial charge in [-0.2, -0.15) is 0 Å². The summed E-state index contributed by atoms with van der Waals surface area (Å²) in [6.07, 6.45) is 6.55. The van der Waals surface area contributed by atoms with Crippen molar-refractivity contribution in [3.63, 3.8) is 0 Å². The second-order valence-electron chi connectivity index (χ2n) is 6.59. The van der Waals surface area contributed by atoms with Crippen LogP contribution < -0.4 is 5.32 Å². The van der Waals surface area contributed by atoms with Gasteiger partial charge in [-0.15, -0.1) is 0 Å². The molecule has 0 aromatic carbocycles. The summed E-state index contributed by atoms with van der Waals surface area (Å²) in [6.45, 7) is 5.57. The molecule has 0 bridgehead atoms. The molecule has 1 saturated carbocycles. The smallest absolute Gasteiger partial charge is 0.130 e. The molecule has 1 aliphatic carbocycles. The van der Waals surface area contributed by atoms with Crippen LogP contribution in [0.5, 0.6) is 0 Å². The van der Waals surface area contributed by atoms with Gasteiger partial charge in [0, 0.05) is 24.2 Å². The molecule has 2 aliphatic rings. The molecule has 1 aromatic rings. The number of hydrogen-bond acceptors (Lipinski definition) is 4. The summed E-state index contributed by atoms with van der Waals surface area (Å²) in [5, 5.41) is 3.53. The highest BCUT2D eigenvalue weighted by Gasteiger charge is 2.21. The van der Waals surface area contributed by atoms with E-state index in [1.165, 1.54) is 44.2 Å². The van der Waals surface area contributed by atoms with Gasteiger partial charge in [0.25, 0.3) is 0 Å². The lowest BCUT2D eigenvalue weighted by molar-refractivity contribution is 0.0372. The third-order valence-corrected chi connectivity index (χ3v) is 4.71. The fraction of sp³-hybridized carbons (Fsp3) is 0.765. The third kappa shape index (κ3) is 4.31. The van der Waals surface area contributed by atoms with Crippen molar-refractivity contribution < 1.29 is 9.15 Å². The number of furan rings is 1. The molecule has 118 valence electrons. The van der Waals surface area contributed by atoms with Gasteiger partial charge in [-0.1, -0.05) is 6.42 Å². The highest BCUT2D eigenvalue weighted by Crippen LogP contribution is 2.22. The maximum atomic E-state index is 5.88. The average Bonchev–Trinajstić information content (AvgIpc) is 3.23. The number of hydrogen-bond donors (Lipinski definition) is 1. The van der Waals surface area contributed by atoms with Crippen molar-refractivity contribution in [1.82, 2.24) is 10.2 Å². The molecule has 2 heterocycles. The van der Waals surface area contributed by atoms with Crippen LogP contribution in [0.3, 0.4) is 0 Å². The Kier molecular flexibility index (Phi) is 4.99. The third-order valence-electron chi connectivity index (χ3n) is 4.71. The van der Waals surface area contributed by atoms with Gasteiger partial charge in [0.1, 0.15) is 18.1 Å². The molecule has 1 N–H and O–H groups in total. The summed E-state index contributed by atoms with van der Waals surface area (Å²) in [5.74, 6) is 1.98. The number of rotatable bonds is 7. The number of likely N-dealkylation sites (N-methyl/N-ethyl adjacent to an activating group) is 1. The standard InChI is InChI=1S/C17H28N2O2/c1-13-14(10-18-15-6-7-15)9-17(21-13)12-20-11-16-5-3-4-8-19(16)2/h9,15-16,18H,3-8,10-12H2,1-2H3. The largest absolute Gasteiger partial charge is 0.464 e. The van der Waals surface area contributed by atoms with Crippen LogP contribution in [-0.4, -0.2) is 37.2 Å². The van der Waals surface area contributed by atoms with Crippen LogP contribution in [-0.2, 0) is 17.9 Å². The first-order chi connectivity index (χ1) is 10.2. The minimum Gasteiger partial charge on any atom is -0.464 e. The Morgan fingerprint density at radius 1 is 1.33 bits per heavy atom. The van der Waals surface area contributed by atoms with Crippen LogP contribution in [0.2, 0.25) is 0 Å². The zero-order valence-corrected chi connectivity index (χ0v) is 13.4. The Hall–Kier alpha value is -0.840. The second kappa shape index (κ2) is 6.95. The van der Waals surface area contributed by atoms with Crippen molar-refractivity contribution in [3.8, 4) is 0 Å². The predicted octanol–water partition coefficient (Wildman–Crippen LogP) is 2.84. The van der Waals surface area contributed by atoms with Crippen LogP contribution in [0.4, 0.5) is 0 Å². The maximum Gasteiger partial charge on any atom is 0.130 e. The van der Waals surface area contributed by atoms with Crippen molar-refractivity contribution in [1.29, 1.82) is 0 Å². The summed E-state index contributed by atoms with van der Waals surface area (Å²) in [7, 11) is 2.20. The molecule has 4 nitrogen and oxygen atoms in total. The molecule has 0 spiro atoms. The minimum atomic E-state index is 0.575. The van der Waals surface area contributed by atoms with E-state index in [9.17, 15) is 0 Å². The highest BCUT2D eigenvalue weighted by atomic mass is 16.5. The molecule has 21 heavy (non-hydrogen) atoms. The lowest BCUT2D eigenvalue weighted by atomic mass is 10.0. The van der Waals surface area contributed by atoms with Crippen LogP contribution >= 0.6 is 0 Å². The summed E-state index contributed by atoms with van der Waals surface area (Å²) >= 11 is 0. The number of piperidine rings is 1. The lowest BCUT2D eigenvalue weighted by Gasteiger charge is -2.32. The van der Waals surface area contributed by atoms with E-state index in [2.05, 4.69) is 23.3 Å². The number of likely N-dealkylation sites (tertiary alicyclic amines) is 1. The summed E-state index contributed by atoms with van der Waals surface area (Å²) in [6, 6.07) is 3.46. The van der Waals surface area contributed by atoms with Crippen molar-refractivity contribution in [2.45, 2.75) is 64.3 Å². The average molecular weight is 292 g/mol. The summed E-state index contributed by atoms with van der Waals surface area (Å²) in [4.78, 5) is 2.42. The minimum absolute atomic E-state index is 0.575. The van der Waals surface area contributed by atoms with Gasteiger partial charge in [-0.25, -0.2) is 0 Å². The van der Waals surface area contributed by atoms with E-state index in [4.69, 9.17) is 9.15 Å². The van der Waals surface area contributed by atoms with E-state index in [1.54, 1.807) is 0 Å². The Morgan fingerprint density at radius 2 is 2.19 bits per heavy atom. The fourth-order valence-corrected chi connectivity index (χ4v) is 3.03. The number of aryl methyl sites for hydroxylation is 1. The molecule has 1 aromatic heterocycles.